The standard InChI is InChI=1S/C17H22F2N4S/c1-12-11-24-16(23-12)5-3-4-8-21-17(20-2)22-10-13-9-14(18)6-7-15(13)19/h6-7,9,11H,3-5,8,10H2,1-2H3,(H2,20,21,22). The lowest BCUT2D eigenvalue weighted by molar-refractivity contribution is 0.580. The second-order valence-electron chi connectivity index (χ2n) is 5.43. The number of hydrogen-bond donors (Lipinski definition) is 2. The van der Waals surface area contributed by atoms with Crippen LogP contribution in [0.15, 0.2) is 28.6 Å². The van der Waals surface area contributed by atoms with Gasteiger partial charge >= 0.3 is 0 Å². The van der Waals surface area contributed by atoms with Crippen molar-refractivity contribution in [1.29, 1.82) is 0 Å². The average Bonchev–Trinajstić information content (AvgIpc) is 2.98. The first-order chi connectivity index (χ1) is 11.6. The minimum atomic E-state index is -0.450. The third kappa shape index (κ3) is 5.88. The van der Waals surface area contributed by atoms with E-state index < -0.39 is 11.6 Å². The third-order valence-corrected chi connectivity index (χ3v) is 4.48. The van der Waals surface area contributed by atoms with E-state index in [1.165, 1.54) is 6.07 Å². The summed E-state index contributed by atoms with van der Waals surface area (Å²) in [6.45, 7) is 2.94. The Labute approximate surface area is 145 Å². The van der Waals surface area contributed by atoms with E-state index >= 15 is 0 Å². The summed E-state index contributed by atoms with van der Waals surface area (Å²) < 4.78 is 26.7. The number of guanidine groups is 1. The van der Waals surface area contributed by atoms with Gasteiger partial charge in [0.15, 0.2) is 5.96 Å². The summed E-state index contributed by atoms with van der Waals surface area (Å²) in [5.74, 6) is -0.310. The molecule has 7 heteroatoms. The zero-order valence-corrected chi connectivity index (χ0v) is 14.7. The van der Waals surface area contributed by atoms with E-state index in [-0.39, 0.29) is 12.1 Å². The van der Waals surface area contributed by atoms with E-state index in [1.807, 2.05) is 6.92 Å². The van der Waals surface area contributed by atoms with E-state index in [4.69, 9.17) is 0 Å². The highest BCUT2D eigenvalue weighted by molar-refractivity contribution is 7.09. The number of aromatic nitrogens is 1. The van der Waals surface area contributed by atoms with Crippen molar-refractivity contribution in [3.8, 4) is 0 Å². The van der Waals surface area contributed by atoms with Crippen LogP contribution in [0.4, 0.5) is 8.78 Å². The number of hydrogen-bond acceptors (Lipinski definition) is 3. The number of rotatable bonds is 7. The maximum Gasteiger partial charge on any atom is 0.191 e. The molecule has 1 aromatic carbocycles. The summed E-state index contributed by atoms with van der Waals surface area (Å²) in [6, 6.07) is 3.42. The maximum atomic E-state index is 13.6. The molecular formula is C17H22F2N4S. The number of unbranched alkanes of at least 4 members (excludes halogenated alkanes) is 1. The highest BCUT2D eigenvalue weighted by Crippen LogP contribution is 2.11. The van der Waals surface area contributed by atoms with Gasteiger partial charge in [-0.05, 0) is 44.4 Å². The molecule has 0 spiro atoms. The molecule has 24 heavy (non-hydrogen) atoms. The Morgan fingerprint density at radius 3 is 2.79 bits per heavy atom. The smallest absolute Gasteiger partial charge is 0.191 e. The molecule has 0 unspecified atom stereocenters. The average molecular weight is 352 g/mol. The maximum absolute atomic E-state index is 13.6. The highest BCUT2D eigenvalue weighted by Gasteiger charge is 2.05. The molecule has 2 rings (SSSR count). The Bertz CT molecular complexity index is 685. The van der Waals surface area contributed by atoms with Crippen LogP contribution in [0.2, 0.25) is 0 Å². The van der Waals surface area contributed by atoms with Crippen LogP contribution in [-0.2, 0) is 13.0 Å². The van der Waals surface area contributed by atoms with Crippen LogP contribution >= 0.6 is 11.3 Å². The summed E-state index contributed by atoms with van der Waals surface area (Å²) >= 11 is 1.69. The quantitative estimate of drug-likeness (QED) is 0.456. The fourth-order valence-corrected chi connectivity index (χ4v) is 3.02. The lowest BCUT2D eigenvalue weighted by atomic mass is 10.2. The Morgan fingerprint density at radius 1 is 1.25 bits per heavy atom. The Kier molecular flexibility index (Phi) is 7.11. The molecule has 0 aliphatic heterocycles. The topological polar surface area (TPSA) is 49.3 Å². The zero-order valence-electron chi connectivity index (χ0n) is 13.9. The largest absolute Gasteiger partial charge is 0.356 e. The monoisotopic (exact) mass is 352 g/mol. The molecule has 2 N–H and O–H groups in total. The molecule has 0 aliphatic rings. The number of thiazole rings is 1. The van der Waals surface area contributed by atoms with Gasteiger partial charge in [-0.15, -0.1) is 11.3 Å². The molecule has 0 atom stereocenters. The minimum absolute atomic E-state index is 0.182. The molecule has 1 aromatic heterocycles. The van der Waals surface area contributed by atoms with Crippen molar-refractivity contribution in [1.82, 2.24) is 15.6 Å². The first-order valence-corrected chi connectivity index (χ1v) is 8.76. The number of aliphatic imine (C=N–C) groups is 1. The first kappa shape index (κ1) is 18.3. The Hall–Kier alpha value is -2.02. The van der Waals surface area contributed by atoms with Gasteiger partial charge in [-0.2, -0.15) is 0 Å². The predicted octanol–water partition coefficient (Wildman–Crippen LogP) is 3.42. The second-order valence-corrected chi connectivity index (χ2v) is 6.37. The summed E-state index contributed by atoms with van der Waals surface area (Å²) in [7, 11) is 1.65. The Balaban J connectivity index is 1.68. The van der Waals surface area contributed by atoms with Crippen LogP contribution in [0, 0.1) is 18.6 Å². The molecule has 0 radical (unpaired) electrons. The van der Waals surface area contributed by atoms with Gasteiger partial charge in [-0.3, -0.25) is 4.99 Å². The van der Waals surface area contributed by atoms with Crippen molar-refractivity contribution in [3.63, 3.8) is 0 Å². The summed E-state index contributed by atoms with van der Waals surface area (Å²) in [5, 5.41) is 9.38. The van der Waals surface area contributed by atoms with E-state index in [0.717, 1.165) is 48.6 Å². The van der Waals surface area contributed by atoms with Crippen molar-refractivity contribution in [3.05, 3.63) is 51.5 Å². The highest BCUT2D eigenvalue weighted by atomic mass is 32.1. The molecule has 130 valence electrons. The van der Waals surface area contributed by atoms with Gasteiger partial charge in [0.05, 0.1) is 5.01 Å². The fourth-order valence-electron chi connectivity index (χ4n) is 2.20. The van der Waals surface area contributed by atoms with Gasteiger partial charge in [0, 0.05) is 36.8 Å². The second kappa shape index (κ2) is 9.32. The molecule has 0 bridgehead atoms. The van der Waals surface area contributed by atoms with Crippen LogP contribution < -0.4 is 10.6 Å². The van der Waals surface area contributed by atoms with Crippen LogP contribution in [0.5, 0.6) is 0 Å². The minimum Gasteiger partial charge on any atom is -0.356 e. The Morgan fingerprint density at radius 2 is 2.08 bits per heavy atom. The van der Waals surface area contributed by atoms with Crippen LogP contribution in [0.1, 0.15) is 29.1 Å². The van der Waals surface area contributed by atoms with E-state index in [0.29, 0.717) is 5.96 Å². The van der Waals surface area contributed by atoms with Crippen molar-refractivity contribution in [2.75, 3.05) is 13.6 Å². The predicted molar refractivity (Wildman–Crippen MR) is 94.3 cm³/mol. The zero-order chi connectivity index (χ0) is 17.4. The lowest BCUT2D eigenvalue weighted by Crippen LogP contribution is -2.37. The van der Waals surface area contributed by atoms with Crippen molar-refractivity contribution >= 4 is 17.3 Å². The molecule has 0 fully saturated rings. The lowest BCUT2D eigenvalue weighted by Gasteiger charge is -2.12. The number of halogens is 2. The van der Waals surface area contributed by atoms with Crippen LogP contribution in [0.3, 0.4) is 0 Å². The normalized spacial score (nSPS) is 11.6. The number of nitrogens with zero attached hydrogens (tertiary/aromatic N) is 2. The van der Waals surface area contributed by atoms with Gasteiger partial charge in [0.2, 0.25) is 0 Å². The molecule has 0 amide bonds. The number of nitrogens with one attached hydrogen (secondary N) is 2. The SMILES string of the molecule is CN=C(NCCCCc1nc(C)cs1)NCc1cc(F)ccc1F. The summed E-state index contributed by atoms with van der Waals surface area (Å²) in [6.07, 6.45) is 2.99. The van der Waals surface area contributed by atoms with E-state index in [2.05, 4.69) is 26.0 Å². The molecule has 0 saturated heterocycles. The van der Waals surface area contributed by atoms with Crippen molar-refractivity contribution in [2.45, 2.75) is 32.7 Å². The molecule has 2 aromatic rings. The van der Waals surface area contributed by atoms with Crippen molar-refractivity contribution < 1.29 is 8.78 Å². The third-order valence-electron chi connectivity index (χ3n) is 3.45. The van der Waals surface area contributed by atoms with E-state index in [1.54, 1.807) is 18.4 Å². The van der Waals surface area contributed by atoms with Gasteiger partial charge in [-0.1, -0.05) is 0 Å². The van der Waals surface area contributed by atoms with Gasteiger partial charge < -0.3 is 10.6 Å². The summed E-state index contributed by atoms with van der Waals surface area (Å²) in [5.41, 5.74) is 1.35. The number of aryl methyl sites for hydroxylation is 2. The van der Waals surface area contributed by atoms with Gasteiger partial charge in [0.1, 0.15) is 11.6 Å². The van der Waals surface area contributed by atoms with Crippen LogP contribution in [-0.4, -0.2) is 24.5 Å². The first-order valence-electron chi connectivity index (χ1n) is 7.88. The van der Waals surface area contributed by atoms with Crippen molar-refractivity contribution in [2.24, 2.45) is 4.99 Å². The molecule has 0 aliphatic carbocycles. The molecule has 0 saturated carbocycles. The van der Waals surface area contributed by atoms with Gasteiger partial charge in [0.25, 0.3) is 0 Å². The number of benzene rings is 1. The molecular weight excluding hydrogens is 330 g/mol. The summed E-state index contributed by atoms with van der Waals surface area (Å²) in [4.78, 5) is 8.52. The van der Waals surface area contributed by atoms with Crippen LogP contribution in [0.25, 0.3) is 0 Å². The molecule has 1 heterocycles. The fraction of sp³-hybridized carbons (Fsp3) is 0.412. The molecule has 4 nitrogen and oxygen atoms in total. The van der Waals surface area contributed by atoms with E-state index in [9.17, 15) is 8.78 Å². The van der Waals surface area contributed by atoms with Gasteiger partial charge in [-0.25, -0.2) is 13.8 Å².